The molecule has 1 aliphatic heterocycles. The number of hydrogen-bond donors (Lipinski definition) is 3. The van der Waals surface area contributed by atoms with Gasteiger partial charge in [0.1, 0.15) is 0 Å². The average molecular weight is 486 g/mol. The molecule has 0 aromatic heterocycles. The molecule has 1 atom stereocenters. The van der Waals surface area contributed by atoms with Gasteiger partial charge in [-0.3, -0.25) is 5.43 Å². The molecule has 3 rings (SSSR count). The third-order valence-corrected chi connectivity index (χ3v) is 7.21. The van der Waals surface area contributed by atoms with E-state index in [1.54, 1.807) is 6.07 Å². The normalized spacial score (nSPS) is 15.6. The van der Waals surface area contributed by atoms with Crippen molar-refractivity contribution in [1.29, 1.82) is 0 Å². The van der Waals surface area contributed by atoms with Gasteiger partial charge in [0.25, 0.3) is 0 Å². The van der Waals surface area contributed by atoms with Crippen LogP contribution < -0.4 is 15.6 Å². The van der Waals surface area contributed by atoms with Crippen LogP contribution in [-0.4, -0.2) is 49.9 Å². The number of nitrogens with zero attached hydrogens (tertiary/aromatic N) is 3. The third kappa shape index (κ3) is 5.65. The van der Waals surface area contributed by atoms with Gasteiger partial charge in [0.2, 0.25) is 0 Å². The summed E-state index contributed by atoms with van der Waals surface area (Å²) < 4.78 is 0. The Morgan fingerprint density at radius 1 is 1.24 bits per heavy atom. The number of amides is 2. The number of piperidine rings is 1. The molecule has 0 radical (unpaired) electrons. The van der Waals surface area contributed by atoms with E-state index in [0.717, 1.165) is 35.5 Å². The van der Waals surface area contributed by atoms with E-state index in [2.05, 4.69) is 36.4 Å². The standard InChI is InChI=1S/C26H36ClN5O2/c1-17-15-19(27)16-22(23(17)30-28-4)24(33)26(2,3)18-11-13-32(14-12-18)25(34)29-20-7-9-21(10-8-20)31(5)6/h7-10,15-16,18,24,30,33H,4,11-14H2,1-3,5-6H3,(H,29,34). The Bertz CT molecular complexity index is 1010. The van der Waals surface area contributed by atoms with E-state index in [0.29, 0.717) is 23.7 Å². The molecule has 34 heavy (non-hydrogen) atoms. The van der Waals surface area contributed by atoms with Gasteiger partial charge in [0.05, 0.1) is 11.8 Å². The molecule has 1 saturated heterocycles. The molecule has 184 valence electrons. The van der Waals surface area contributed by atoms with Gasteiger partial charge < -0.3 is 20.2 Å². The number of halogens is 1. The lowest BCUT2D eigenvalue weighted by molar-refractivity contribution is -0.0142. The Kier molecular flexibility index (Phi) is 8.10. The highest BCUT2D eigenvalue weighted by atomic mass is 35.5. The van der Waals surface area contributed by atoms with E-state index in [1.807, 2.05) is 61.2 Å². The summed E-state index contributed by atoms with van der Waals surface area (Å²) >= 11 is 6.31. The van der Waals surface area contributed by atoms with Crippen LogP contribution >= 0.6 is 11.6 Å². The van der Waals surface area contributed by atoms with E-state index in [9.17, 15) is 9.90 Å². The fourth-order valence-corrected chi connectivity index (χ4v) is 4.99. The summed E-state index contributed by atoms with van der Waals surface area (Å²) in [5.74, 6) is 0.231. The number of hydrogen-bond acceptors (Lipinski definition) is 5. The summed E-state index contributed by atoms with van der Waals surface area (Å²) in [6.45, 7) is 10.9. The number of aryl methyl sites for hydroxylation is 1. The molecular weight excluding hydrogens is 450 g/mol. The molecular formula is C26H36ClN5O2. The van der Waals surface area contributed by atoms with Crippen molar-refractivity contribution >= 4 is 41.4 Å². The molecule has 2 aromatic carbocycles. The Morgan fingerprint density at radius 3 is 2.41 bits per heavy atom. The van der Waals surface area contributed by atoms with Crippen molar-refractivity contribution in [2.45, 2.75) is 39.7 Å². The van der Waals surface area contributed by atoms with Crippen molar-refractivity contribution in [3.05, 3.63) is 52.5 Å². The number of aliphatic hydroxyl groups is 1. The van der Waals surface area contributed by atoms with Crippen molar-refractivity contribution in [3.63, 3.8) is 0 Å². The molecule has 0 spiro atoms. The minimum Gasteiger partial charge on any atom is -0.388 e. The number of hydrazone groups is 1. The van der Waals surface area contributed by atoms with Crippen LogP contribution in [0.4, 0.5) is 21.9 Å². The van der Waals surface area contributed by atoms with Crippen LogP contribution in [0, 0.1) is 18.3 Å². The fraction of sp³-hybridized carbons (Fsp3) is 0.462. The number of carbonyl (C=O) groups excluding carboxylic acids is 1. The number of likely N-dealkylation sites (tertiary alicyclic amines) is 1. The van der Waals surface area contributed by atoms with Crippen LogP contribution in [0.3, 0.4) is 0 Å². The molecule has 0 bridgehead atoms. The predicted octanol–water partition coefficient (Wildman–Crippen LogP) is 5.75. The van der Waals surface area contributed by atoms with Gasteiger partial charge in [-0.05, 0) is 73.1 Å². The van der Waals surface area contributed by atoms with E-state index in [1.165, 1.54) is 0 Å². The Morgan fingerprint density at radius 2 is 1.85 bits per heavy atom. The van der Waals surface area contributed by atoms with Crippen molar-refractivity contribution in [2.24, 2.45) is 16.4 Å². The fourth-order valence-electron chi connectivity index (χ4n) is 4.71. The molecule has 2 aromatic rings. The van der Waals surface area contributed by atoms with Gasteiger partial charge >= 0.3 is 6.03 Å². The Hall–Kier alpha value is -2.77. The summed E-state index contributed by atoms with van der Waals surface area (Å²) in [6.07, 6.45) is 0.854. The monoisotopic (exact) mass is 485 g/mol. The summed E-state index contributed by atoms with van der Waals surface area (Å²) in [4.78, 5) is 16.7. The molecule has 2 amide bonds. The topological polar surface area (TPSA) is 80.2 Å². The van der Waals surface area contributed by atoms with Gasteiger partial charge in [-0.2, -0.15) is 5.10 Å². The first-order valence-electron chi connectivity index (χ1n) is 11.6. The number of rotatable bonds is 7. The Labute approximate surface area is 207 Å². The lowest BCUT2D eigenvalue weighted by Gasteiger charge is -2.43. The summed E-state index contributed by atoms with van der Waals surface area (Å²) in [6, 6.07) is 11.3. The molecule has 0 saturated carbocycles. The first kappa shape index (κ1) is 25.8. The number of aliphatic hydroxyl groups excluding tert-OH is 1. The second-order valence-electron chi connectivity index (χ2n) is 9.81. The first-order valence-corrected chi connectivity index (χ1v) is 12.0. The van der Waals surface area contributed by atoms with Crippen molar-refractivity contribution < 1.29 is 9.90 Å². The molecule has 3 N–H and O–H groups in total. The maximum absolute atomic E-state index is 12.8. The highest BCUT2D eigenvalue weighted by molar-refractivity contribution is 6.30. The van der Waals surface area contributed by atoms with Gasteiger partial charge in [-0.25, -0.2) is 4.79 Å². The second-order valence-corrected chi connectivity index (χ2v) is 10.2. The molecule has 7 nitrogen and oxygen atoms in total. The van der Waals surface area contributed by atoms with Gasteiger partial charge in [0.15, 0.2) is 0 Å². The van der Waals surface area contributed by atoms with E-state index >= 15 is 0 Å². The second kappa shape index (κ2) is 10.7. The number of anilines is 3. The number of carbonyl (C=O) groups is 1. The minimum atomic E-state index is -0.755. The highest BCUT2D eigenvalue weighted by Gasteiger charge is 2.40. The van der Waals surface area contributed by atoms with Crippen LogP contribution in [0.5, 0.6) is 0 Å². The quantitative estimate of drug-likeness (QED) is 0.345. The van der Waals surface area contributed by atoms with Crippen LogP contribution in [0.25, 0.3) is 0 Å². The van der Waals surface area contributed by atoms with Crippen LogP contribution in [-0.2, 0) is 0 Å². The van der Waals surface area contributed by atoms with Crippen LogP contribution in [0.15, 0.2) is 41.5 Å². The summed E-state index contributed by atoms with van der Waals surface area (Å²) in [7, 11) is 3.97. The smallest absolute Gasteiger partial charge is 0.321 e. The maximum atomic E-state index is 12.8. The Balaban J connectivity index is 1.66. The molecule has 8 heteroatoms. The number of urea groups is 1. The average Bonchev–Trinajstić information content (AvgIpc) is 2.80. The van der Waals surface area contributed by atoms with Gasteiger partial charge in [0, 0.05) is 55.9 Å². The van der Waals surface area contributed by atoms with Crippen molar-refractivity contribution in [2.75, 3.05) is 42.8 Å². The van der Waals surface area contributed by atoms with Crippen molar-refractivity contribution in [3.8, 4) is 0 Å². The summed E-state index contributed by atoms with van der Waals surface area (Å²) in [5.41, 5.74) is 6.68. The molecule has 1 fully saturated rings. The summed E-state index contributed by atoms with van der Waals surface area (Å²) in [5, 5.41) is 18.8. The van der Waals surface area contributed by atoms with E-state index in [4.69, 9.17) is 11.6 Å². The predicted molar refractivity (Wildman–Crippen MR) is 142 cm³/mol. The highest BCUT2D eigenvalue weighted by Crippen LogP contribution is 2.47. The zero-order valence-electron chi connectivity index (χ0n) is 20.7. The lowest BCUT2D eigenvalue weighted by atomic mass is 9.68. The van der Waals surface area contributed by atoms with Crippen molar-refractivity contribution in [1.82, 2.24) is 4.90 Å². The minimum absolute atomic E-state index is 0.0941. The van der Waals surface area contributed by atoms with E-state index < -0.39 is 11.5 Å². The molecule has 0 aliphatic carbocycles. The first-order chi connectivity index (χ1) is 16.0. The van der Waals surface area contributed by atoms with Crippen LogP contribution in [0.2, 0.25) is 5.02 Å². The zero-order valence-corrected chi connectivity index (χ0v) is 21.5. The lowest BCUT2D eigenvalue weighted by Crippen LogP contribution is -2.45. The third-order valence-electron chi connectivity index (χ3n) is 6.99. The number of nitrogens with one attached hydrogen (secondary N) is 2. The molecule has 1 aliphatic rings. The van der Waals surface area contributed by atoms with Gasteiger partial charge in [-0.1, -0.05) is 25.4 Å². The zero-order chi connectivity index (χ0) is 25.0. The number of benzene rings is 2. The molecule has 1 unspecified atom stereocenters. The largest absolute Gasteiger partial charge is 0.388 e. The van der Waals surface area contributed by atoms with Crippen LogP contribution in [0.1, 0.15) is 43.9 Å². The van der Waals surface area contributed by atoms with Gasteiger partial charge in [-0.15, -0.1) is 0 Å². The maximum Gasteiger partial charge on any atom is 0.321 e. The molecule has 1 heterocycles. The SMILES string of the molecule is C=NNc1c(C)cc(Cl)cc1C(O)C(C)(C)C1CCN(C(=O)Nc2ccc(N(C)C)cc2)CC1. The van der Waals surface area contributed by atoms with E-state index in [-0.39, 0.29) is 11.9 Å².